The van der Waals surface area contributed by atoms with E-state index in [2.05, 4.69) is 0 Å². The summed E-state index contributed by atoms with van der Waals surface area (Å²) in [4.78, 5) is 25.9. The van der Waals surface area contributed by atoms with Crippen molar-refractivity contribution in [2.75, 3.05) is 20.8 Å². The number of hydrogen-bond donors (Lipinski definition) is 1. The number of carbonyl (C=O) groups excluding carboxylic acids is 1. The third kappa shape index (κ3) is 2.92. The molecule has 0 spiro atoms. The topological polar surface area (TPSA) is 76.1 Å². The predicted octanol–water partition coefficient (Wildman–Crippen LogP) is 1.96. The molecule has 1 saturated heterocycles. The highest BCUT2D eigenvalue weighted by Gasteiger charge is 2.49. The molecule has 1 N–H and O–H groups in total. The van der Waals surface area contributed by atoms with Crippen molar-refractivity contribution in [3.63, 3.8) is 0 Å². The zero-order valence-electron chi connectivity index (χ0n) is 14.0. The van der Waals surface area contributed by atoms with E-state index in [0.717, 1.165) is 24.8 Å². The van der Waals surface area contributed by atoms with Gasteiger partial charge in [-0.2, -0.15) is 0 Å². The summed E-state index contributed by atoms with van der Waals surface area (Å²) in [5.74, 6) is 0.593. The summed E-state index contributed by atoms with van der Waals surface area (Å²) in [6, 6.07) is 4.66. The molecule has 1 heterocycles. The maximum absolute atomic E-state index is 12.7. The van der Waals surface area contributed by atoms with Gasteiger partial charge in [-0.3, -0.25) is 4.79 Å². The first-order chi connectivity index (χ1) is 11.5. The van der Waals surface area contributed by atoms with Gasteiger partial charge in [-0.25, -0.2) is 4.79 Å². The van der Waals surface area contributed by atoms with E-state index in [1.54, 1.807) is 31.3 Å². The van der Waals surface area contributed by atoms with Gasteiger partial charge in [0, 0.05) is 6.54 Å². The summed E-state index contributed by atoms with van der Waals surface area (Å²) in [5, 5.41) is 9.57. The maximum Gasteiger partial charge on any atom is 0.326 e. The van der Waals surface area contributed by atoms with E-state index in [0.29, 0.717) is 24.0 Å². The highest BCUT2D eigenvalue weighted by molar-refractivity contribution is 5.86. The lowest BCUT2D eigenvalue weighted by atomic mass is 9.94. The molecule has 3 atom stereocenters. The van der Waals surface area contributed by atoms with Crippen molar-refractivity contribution < 1.29 is 24.2 Å². The van der Waals surface area contributed by atoms with Gasteiger partial charge in [-0.15, -0.1) is 0 Å². The van der Waals surface area contributed by atoms with Crippen molar-refractivity contribution in [3.05, 3.63) is 23.8 Å². The molecule has 6 heteroatoms. The molecule has 0 aromatic heterocycles. The summed E-state index contributed by atoms with van der Waals surface area (Å²) in [6.07, 6.45) is 3.16. The lowest BCUT2D eigenvalue weighted by Gasteiger charge is -2.24. The minimum Gasteiger partial charge on any atom is -0.493 e. The van der Waals surface area contributed by atoms with Crippen LogP contribution in [0.3, 0.4) is 0 Å². The molecule has 1 amide bonds. The van der Waals surface area contributed by atoms with Crippen LogP contribution in [0.2, 0.25) is 0 Å². The normalized spacial score (nSPS) is 25.4. The second-order valence-corrected chi connectivity index (χ2v) is 6.55. The van der Waals surface area contributed by atoms with E-state index >= 15 is 0 Å². The van der Waals surface area contributed by atoms with Crippen LogP contribution in [0.4, 0.5) is 0 Å². The van der Waals surface area contributed by atoms with E-state index in [9.17, 15) is 14.7 Å². The van der Waals surface area contributed by atoms with E-state index in [1.165, 1.54) is 0 Å². The number of methoxy groups -OCH3 is 2. The molecular formula is C18H23NO5. The first kappa shape index (κ1) is 16.6. The second kappa shape index (κ2) is 6.71. The number of carboxylic acids is 1. The SMILES string of the molecule is COc1ccc(CC(=O)N2CC3CCCC3C2C(=O)O)cc1OC. The number of carbonyl (C=O) groups is 2. The minimum absolute atomic E-state index is 0.108. The molecule has 1 aliphatic heterocycles. The maximum atomic E-state index is 12.7. The lowest BCUT2D eigenvalue weighted by molar-refractivity contribution is -0.149. The van der Waals surface area contributed by atoms with E-state index in [1.807, 2.05) is 6.07 Å². The molecule has 3 rings (SSSR count). The van der Waals surface area contributed by atoms with Gasteiger partial charge in [0.05, 0.1) is 20.6 Å². The Morgan fingerprint density at radius 3 is 2.62 bits per heavy atom. The number of rotatable bonds is 5. The Morgan fingerprint density at radius 2 is 1.96 bits per heavy atom. The fourth-order valence-electron chi connectivity index (χ4n) is 4.15. The zero-order valence-corrected chi connectivity index (χ0v) is 14.0. The summed E-state index contributed by atoms with van der Waals surface area (Å²) in [7, 11) is 3.11. The van der Waals surface area contributed by atoms with Gasteiger partial charge >= 0.3 is 5.97 Å². The Kier molecular flexibility index (Phi) is 4.64. The molecule has 0 radical (unpaired) electrons. The number of likely N-dealkylation sites (tertiary alicyclic amines) is 1. The number of ether oxygens (including phenoxy) is 2. The molecule has 1 aromatic rings. The van der Waals surface area contributed by atoms with Crippen LogP contribution in [0.25, 0.3) is 0 Å². The average Bonchev–Trinajstić information content (AvgIpc) is 3.14. The molecule has 3 unspecified atom stereocenters. The van der Waals surface area contributed by atoms with Gasteiger partial charge in [0.25, 0.3) is 0 Å². The van der Waals surface area contributed by atoms with Crippen LogP contribution in [-0.4, -0.2) is 48.7 Å². The van der Waals surface area contributed by atoms with Gasteiger partial charge < -0.3 is 19.5 Å². The van der Waals surface area contributed by atoms with Gasteiger partial charge in [-0.1, -0.05) is 12.5 Å². The van der Waals surface area contributed by atoms with Gasteiger partial charge in [-0.05, 0) is 42.4 Å². The standard InChI is InChI=1S/C18H23NO5/c1-23-14-7-6-11(8-15(14)24-2)9-16(20)19-10-12-4-3-5-13(12)17(19)18(21)22/h6-8,12-13,17H,3-5,9-10H2,1-2H3,(H,21,22). The third-order valence-electron chi connectivity index (χ3n) is 5.27. The third-order valence-corrected chi connectivity index (χ3v) is 5.27. The molecule has 0 bridgehead atoms. The largest absolute Gasteiger partial charge is 0.493 e. The van der Waals surface area contributed by atoms with Crippen LogP contribution in [-0.2, 0) is 16.0 Å². The minimum atomic E-state index is -0.884. The van der Waals surface area contributed by atoms with Crippen LogP contribution in [0.15, 0.2) is 18.2 Å². The number of amides is 1. The number of benzene rings is 1. The quantitative estimate of drug-likeness (QED) is 0.891. The van der Waals surface area contributed by atoms with Crippen LogP contribution in [0.1, 0.15) is 24.8 Å². The van der Waals surface area contributed by atoms with E-state index < -0.39 is 12.0 Å². The van der Waals surface area contributed by atoms with Crippen LogP contribution < -0.4 is 9.47 Å². The Morgan fingerprint density at radius 1 is 1.21 bits per heavy atom. The fourth-order valence-corrected chi connectivity index (χ4v) is 4.15. The van der Waals surface area contributed by atoms with Crippen LogP contribution in [0, 0.1) is 11.8 Å². The monoisotopic (exact) mass is 333 g/mol. The molecule has 130 valence electrons. The average molecular weight is 333 g/mol. The molecule has 2 aliphatic rings. The molecule has 6 nitrogen and oxygen atoms in total. The van der Waals surface area contributed by atoms with Crippen LogP contribution >= 0.6 is 0 Å². The zero-order chi connectivity index (χ0) is 17.3. The summed E-state index contributed by atoms with van der Waals surface area (Å²) in [5.41, 5.74) is 0.791. The predicted molar refractivity (Wildman–Crippen MR) is 87.2 cm³/mol. The number of aliphatic carboxylic acids is 1. The second-order valence-electron chi connectivity index (χ2n) is 6.55. The van der Waals surface area contributed by atoms with Crippen molar-refractivity contribution in [1.82, 2.24) is 4.90 Å². The van der Waals surface area contributed by atoms with Crippen molar-refractivity contribution in [3.8, 4) is 11.5 Å². The molecule has 2 fully saturated rings. The fraction of sp³-hybridized carbons (Fsp3) is 0.556. The summed E-state index contributed by atoms with van der Waals surface area (Å²) < 4.78 is 10.5. The summed E-state index contributed by atoms with van der Waals surface area (Å²) >= 11 is 0. The highest BCUT2D eigenvalue weighted by Crippen LogP contribution is 2.42. The molecule has 24 heavy (non-hydrogen) atoms. The summed E-state index contributed by atoms with van der Waals surface area (Å²) in [6.45, 7) is 0.563. The molecule has 1 aliphatic carbocycles. The smallest absolute Gasteiger partial charge is 0.326 e. The molecular weight excluding hydrogens is 310 g/mol. The first-order valence-corrected chi connectivity index (χ1v) is 8.28. The van der Waals surface area contributed by atoms with Gasteiger partial charge in [0.1, 0.15) is 6.04 Å². The van der Waals surface area contributed by atoms with E-state index in [-0.39, 0.29) is 18.2 Å². The van der Waals surface area contributed by atoms with Crippen molar-refractivity contribution >= 4 is 11.9 Å². The van der Waals surface area contributed by atoms with E-state index in [4.69, 9.17) is 9.47 Å². The van der Waals surface area contributed by atoms with Gasteiger partial charge in [0.15, 0.2) is 11.5 Å². The number of hydrogen-bond acceptors (Lipinski definition) is 4. The first-order valence-electron chi connectivity index (χ1n) is 8.28. The Bertz CT molecular complexity index is 644. The number of carboxylic acid groups (broad SMARTS) is 1. The van der Waals surface area contributed by atoms with Crippen molar-refractivity contribution in [2.24, 2.45) is 11.8 Å². The Labute approximate surface area is 141 Å². The lowest BCUT2D eigenvalue weighted by Crippen LogP contribution is -2.43. The molecule has 1 saturated carbocycles. The van der Waals surface area contributed by atoms with Crippen molar-refractivity contribution in [2.45, 2.75) is 31.7 Å². The molecule has 1 aromatic carbocycles. The Hall–Kier alpha value is -2.24. The van der Waals surface area contributed by atoms with Gasteiger partial charge in [0.2, 0.25) is 5.91 Å². The van der Waals surface area contributed by atoms with Crippen molar-refractivity contribution in [1.29, 1.82) is 0 Å². The number of nitrogens with zero attached hydrogens (tertiary/aromatic N) is 1. The Balaban J connectivity index is 1.76. The number of fused-ring (bicyclic) bond motifs is 1. The highest BCUT2D eigenvalue weighted by atomic mass is 16.5. The van der Waals surface area contributed by atoms with Crippen LogP contribution in [0.5, 0.6) is 11.5 Å².